The number of carbonyl (C=O) groups is 2. The zero-order valence-electron chi connectivity index (χ0n) is 12.2. The third-order valence-corrected chi connectivity index (χ3v) is 3.03. The van der Waals surface area contributed by atoms with E-state index in [4.69, 9.17) is 27.9 Å². The van der Waals surface area contributed by atoms with Gasteiger partial charge in [-0.05, 0) is 31.5 Å². The standard InChI is InChI=1S/C14H16Cl2N2O4/c1-3-21-13(19)12(17-18-14(20)22-4-2)7-9-5-6-10(15)8-11(9)16/h5-6,8H,3-4,7H2,1-2H3,(H,18,20). The molecule has 0 saturated heterocycles. The Morgan fingerprint density at radius 2 is 1.86 bits per heavy atom. The zero-order valence-corrected chi connectivity index (χ0v) is 13.7. The Morgan fingerprint density at radius 3 is 2.45 bits per heavy atom. The first kappa shape index (κ1) is 18.3. The number of amides is 1. The van der Waals surface area contributed by atoms with Gasteiger partial charge in [0.05, 0.1) is 13.2 Å². The second-order valence-electron chi connectivity index (χ2n) is 4.02. The molecule has 1 aromatic rings. The van der Waals surface area contributed by atoms with Crippen molar-refractivity contribution in [3.8, 4) is 0 Å². The summed E-state index contributed by atoms with van der Waals surface area (Å²) in [7, 11) is 0. The van der Waals surface area contributed by atoms with E-state index in [9.17, 15) is 9.59 Å². The molecule has 8 heteroatoms. The van der Waals surface area contributed by atoms with E-state index in [-0.39, 0.29) is 25.3 Å². The topological polar surface area (TPSA) is 77.0 Å². The molecule has 0 aliphatic carbocycles. The van der Waals surface area contributed by atoms with E-state index in [1.165, 1.54) is 0 Å². The lowest BCUT2D eigenvalue weighted by atomic mass is 10.1. The Labute approximate surface area is 138 Å². The molecule has 6 nitrogen and oxygen atoms in total. The minimum absolute atomic E-state index is 0.000810. The number of hydrazone groups is 1. The van der Waals surface area contributed by atoms with E-state index in [0.717, 1.165) is 0 Å². The van der Waals surface area contributed by atoms with Crippen LogP contribution in [0.2, 0.25) is 10.0 Å². The van der Waals surface area contributed by atoms with Gasteiger partial charge in [-0.25, -0.2) is 15.0 Å². The molecule has 120 valence electrons. The molecular weight excluding hydrogens is 331 g/mol. The fourth-order valence-electron chi connectivity index (χ4n) is 1.49. The lowest BCUT2D eigenvalue weighted by molar-refractivity contribution is -0.135. The molecule has 0 aromatic heterocycles. The van der Waals surface area contributed by atoms with Crippen LogP contribution in [0.25, 0.3) is 0 Å². The van der Waals surface area contributed by atoms with Crippen LogP contribution in [0.5, 0.6) is 0 Å². The van der Waals surface area contributed by atoms with Gasteiger partial charge in [0.2, 0.25) is 0 Å². The van der Waals surface area contributed by atoms with Gasteiger partial charge < -0.3 is 9.47 Å². The lowest BCUT2D eigenvalue weighted by Crippen LogP contribution is -2.26. The van der Waals surface area contributed by atoms with Gasteiger partial charge in [-0.3, -0.25) is 0 Å². The smallest absolute Gasteiger partial charge is 0.427 e. The second-order valence-corrected chi connectivity index (χ2v) is 4.87. The normalized spacial score (nSPS) is 11.0. The highest BCUT2D eigenvalue weighted by atomic mass is 35.5. The molecule has 22 heavy (non-hydrogen) atoms. The van der Waals surface area contributed by atoms with Crippen LogP contribution < -0.4 is 5.43 Å². The van der Waals surface area contributed by atoms with E-state index < -0.39 is 12.1 Å². The summed E-state index contributed by atoms with van der Waals surface area (Å²) < 4.78 is 9.57. The van der Waals surface area contributed by atoms with E-state index in [1.54, 1.807) is 32.0 Å². The number of hydrogen-bond acceptors (Lipinski definition) is 5. The molecule has 0 aliphatic rings. The van der Waals surface area contributed by atoms with Gasteiger partial charge in [0.15, 0.2) is 5.71 Å². The predicted octanol–water partition coefficient (Wildman–Crippen LogP) is 3.20. The first-order valence-electron chi connectivity index (χ1n) is 6.58. The van der Waals surface area contributed by atoms with Crippen molar-refractivity contribution in [2.24, 2.45) is 5.10 Å². The first-order chi connectivity index (χ1) is 10.5. The minimum Gasteiger partial charge on any atom is -0.461 e. The van der Waals surface area contributed by atoms with Crippen molar-refractivity contribution in [2.45, 2.75) is 20.3 Å². The molecule has 0 heterocycles. The first-order valence-corrected chi connectivity index (χ1v) is 7.33. The Bertz CT molecular complexity index is 576. The minimum atomic E-state index is -0.758. The quantitative estimate of drug-likeness (QED) is 0.487. The lowest BCUT2D eigenvalue weighted by Gasteiger charge is -2.08. The Hall–Kier alpha value is -1.79. The summed E-state index contributed by atoms with van der Waals surface area (Å²) in [6.07, 6.45) is -0.673. The Morgan fingerprint density at radius 1 is 1.18 bits per heavy atom. The number of esters is 1. The summed E-state index contributed by atoms with van der Waals surface area (Å²) in [6.45, 7) is 3.71. The van der Waals surface area contributed by atoms with Crippen molar-refractivity contribution in [3.63, 3.8) is 0 Å². The highest BCUT2D eigenvalue weighted by Gasteiger charge is 2.16. The number of hydrogen-bond donors (Lipinski definition) is 1. The van der Waals surface area contributed by atoms with Gasteiger partial charge in [-0.15, -0.1) is 0 Å². The summed E-state index contributed by atoms with van der Waals surface area (Å²) in [5, 5.41) is 4.61. The van der Waals surface area contributed by atoms with Crippen LogP contribution in [0.4, 0.5) is 4.79 Å². The van der Waals surface area contributed by atoms with Crippen molar-refractivity contribution in [1.82, 2.24) is 5.43 Å². The largest absolute Gasteiger partial charge is 0.461 e. The highest BCUT2D eigenvalue weighted by molar-refractivity contribution is 6.38. The Balaban J connectivity index is 2.92. The average Bonchev–Trinajstić information content (AvgIpc) is 2.46. The summed E-state index contributed by atoms with van der Waals surface area (Å²) in [5.74, 6) is -0.648. The van der Waals surface area contributed by atoms with Gasteiger partial charge in [-0.1, -0.05) is 29.3 Å². The maximum absolute atomic E-state index is 11.9. The van der Waals surface area contributed by atoms with E-state index in [0.29, 0.717) is 15.6 Å². The van der Waals surface area contributed by atoms with Gasteiger partial charge in [0.25, 0.3) is 0 Å². The molecule has 0 radical (unpaired) electrons. The van der Waals surface area contributed by atoms with Gasteiger partial charge in [0.1, 0.15) is 0 Å². The van der Waals surface area contributed by atoms with Crippen molar-refractivity contribution in [2.75, 3.05) is 13.2 Å². The molecule has 1 N–H and O–H groups in total. The summed E-state index contributed by atoms with van der Waals surface area (Å²) in [5.41, 5.74) is 2.76. The predicted molar refractivity (Wildman–Crippen MR) is 84.4 cm³/mol. The van der Waals surface area contributed by atoms with E-state index in [1.807, 2.05) is 0 Å². The number of carbonyl (C=O) groups excluding carboxylic acids is 2. The summed E-state index contributed by atoms with van der Waals surface area (Å²) in [6, 6.07) is 4.87. The zero-order chi connectivity index (χ0) is 16.5. The number of nitrogens with zero attached hydrogens (tertiary/aromatic N) is 1. The molecule has 1 amide bonds. The van der Waals surface area contributed by atoms with Crippen molar-refractivity contribution in [3.05, 3.63) is 33.8 Å². The number of halogens is 2. The number of rotatable bonds is 6. The monoisotopic (exact) mass is 346 g/mol. The summed E-state index contributed by atoms with van der Waals surface area (Å²) in [4.78, 5) is 23.1. The molecule has 0 saturated carbocycles. The van der Waals surface area contributed by atoms with Crippen LogP contribution in [0.1, 0.15) is 19.4 Å². The van der Waals surface area contributed by atoms with E-state index in [2.05, 4.69) is 15.3 Å². The third kappa shape index (κ3) is 5.91. The molecular formula is C14H16Cl2N2O4. The molecule has 1 aromatic carbocycles. The van der Waals surface area contributed by atoms with Crippen LogP contribution >= 0.6 is 23.2 Å². The van der Waals surface area contributed by atoms with Gasteiger partial charge in [-0.2, -0.15) is 5.10 Å². The number of nitrogens with one attached hydrogen (secondary N) is 1. The van der Waals surface area contributed by atoms with Crippen molar-refractivity contribution in [1.29, 1.82) is 0 Å². The molecule has 1 rings (SSSR count). The fraction of sp³-hybridized carbons (Fsp3) is 0.357. The maximum atomic E-state index is 11.9. The molecule has 0 aliphatic heterocycles. The maximum Gasteiger partial charge on any atom is 0.427 e. The van der Waals surface area contributed by atoms with Crippen LogP contribution in [-0.4, -0.2) is 31.0 Å². The fourth-order valence-corrected chi connectivity index (χ4v) is 1.97. The SMILES string of the molecule is CCOC(=O)NN=C(Cc1ccc(Cl)cc1Cl)C(=O)OCC. The highest BCUT2D eigenvalue weighted by Crippen LogP contribution is 2.21. The molecule has 0 atom stereocenters. The van der Waals surface area contributed by atoms with Crippen molar-refractivity contribution >= 4 is 41.0 Å². The Kier molecular flexibility index (Phi) is 7.70. The van der Waals surface area contributed by atoms with E-state index >= 15 is 0 Å². The van der Waals surface area contributed by atoms with Gasteiger partial charge in [0, 0.05) is 16.5 Å². The number of ether oxygens (including phenoxy) is 2. The third-order valence-electron chi connectivity index (χ3n) is 2.44. The van der Waals surface area contributed by atoms with Crippen LogP contribution in [-0.2, 0) is 20.7 Å². The summed E-state index contributed by atoms with van der Waals surface area (Å²) >= 11 is 11.9. The van der Waals surface area contributed by atoms with Crippen LogP contribution in [0, 0.1) is 0 Å². The number of benzene rings is 1. The second kappa shape index (κ2) is 9.27. The molecule has 0 spiro atoms. The average molecular weight is 347 g/mol. The molecule has 0 unspecified atom stereocenters. The molecule has 0 fully saturated rings. The van der Waals surface area contributed by atoms with Gasteiger partial charge >= 0.3 is 12.1 Å². The van der Waals surface area contributed by atoms with Crippen LogP contribution in [0.15, 0.2) is 23.3 Å². The van der Waals surface area contributed by atoms with Crippen LogP contribution in [0.3, 0.4) is 0 Å². The van der Waals surface area contributed by atoms with Crippen molar-refractivity contribution < 1.29 is 19.1 Å². The molecule has 0 bridgehead atoms.